The van der Waals surface area contributed by atoms with E-state index in [1.807, 2.05) is 0 Å². The van der Waals surface area contributed by atoms with Crippen molar-refractivity contribution in [2.45, 2.75) is 88.8 Å². The van der Waals surface area contributed by atoms with Gasteiger partial charge in [-0.2, -0.15) is 13.2 Å². The summed E-state index contributed by atoms with van der Waals surface area (Å²) in [5.74, 6) is -3.15. The summed E-state index contributed by atoms with van der Waals surface area (Å²) in [4.78, 5) is 65.8. The number of alkyl halides is 3. The maximum absolute atomic E-state index is 13.8. The molecule has 2 aromatic rings. The average Bonchev–Trinajstić information content (AvgIpc) is 3.91. The summed E-state index contributed by atoms with van der Waals surface area (Å²) < 4.78 is 76.6. The second kappa shape index (κ2) is 20.4. The predicted octanol–water partition coefficient (Wildman–Crippen LogP) is 4.36. The molecule has 2 fully saturated rings. The molecular formula is C40H50F4N4O10. The summed E-state index contributed by atoms with van der Waals surface area (Å²) in [5, 5.41) is 15.5. The number of carbonyl (C=O) groups is 5. The van der Waals surface area contributed by atoms with Gasteiger partial charge in [0.1, 0.15) is 18.4 Å². The van der Waals surface area contributed by atoms with E-state index in [0.717, 1.165) is 44.7 Å². The molecular weight excluding hydrogens is 772 g/mol. The van der Waals surface area contributed by atoms with Crippen LogP contribution in [0.1, 0.15) is 68.6 Å². The number of halogens is 4. The molecule has 1 heterocycles. The smallest absolute Gasteiger partial charge is 0.418 e. The molecule has 18 heteroatoms. The first kappa shape index (κ1) is 44.5. The zero-order chi connectivity index (χ0) is 41.9. The minimum atomic E-state index is -4.83. The number of nitrogens with one attached hydrogen (secondary N) is 2. The number of benzene rings is 2. The maximum atomic E-state index is 13.8. The monoisotopic (exact) mass is 822 g/mol. The third kappa shape index (κ3) is 11.7. The molecule has 0 aromatic heterocycles. The molecule has 1 saturated carbocycles. The number of ether oxygens (including phenoxy) is 4. The number of aliphatic hydroxyl groups excluding tert-OH is 1. The van der Waals surface area contributed by atoms with Crippen LogP contribution in [0.2, 0.25) is 0 Å². The highest BCUT2D eigenvalue weighted by molar-refractivity contribution is 6.06. The van der Waals surface area contributed by atoms with Crippen molar-refractivity contribution in [3.05, 3.63) is 65.0 Å². The minimum absolute atomic E-state index is 0.00516. The quantitative estimate of drug-likeness (QED) is 0.121. The second-order valence-corrected chi connectivity index (χ2v) is 14.6. The summed E-state index contributed by atoms with van der Waals surface area (Å²) in [6.45, 7) is 1.44. The van der Waals surface area contributed by atoms with Gasteiger partial charge in [0.15, 0.2) is 0 Å². The molecule has 58 heavy (non-hydrogen) atoms. The van der Waals surface area contributed by atoms with Crippen molar-refractivity contribution in [3.8, 4) is 0 Å². The highest BCUT2D eigenvalue weighted by Crippen LogP contribution is 2.46. The number of amides is 5. The lowest BCUT2D eigenvalue weighted by atomic mass is 9.94. The van der Waals surface area contributed by atoms with Crippen LogP contribution in [0.5, 0.6) is 0 Å². The molecule has 3 aliphatic rings. The van der Waals surface area contributed by atoms with Gasteiger partial charge in [-0.05, 0) is 67.5 Å². The van der Waals surface area contributed by atoms with E-state index >= 15 is 0 Å². The van der Waals surface area contributed by atoms with Crippen LogP contribution in [0.25, 0.3) is 0 Å². The van der Waals surface area contributed by atoms with Crippen molar-refractivity contribution >= 4 is 35.4 Å². The number of imide groups is 1. The van der Waals surface area contributed by atoms with Crippen LogP contribution < -0.4 is 10.6 Å². The fourth-order valence-electron chi connectivity index (χ4n) is 7.28. The van der Waals surface area contributed by atoms with Gasteiger partial charge in [0.05, 0.1) is 45.7 Å². The molecule has 14 nitrogen and oxygen atoms in total. The first-order chi connectivity index (χ1) is 27.7. The normalized spacial score (nSPS) is 19.0. The van der Waals surface area contributed by atoms with E-state index in [0.29, 0.717) is 65.6 Å². The van der Waals surface area contributed by atoms with Crippen LogP contribution in [0.4, 0.5) is 28.0 Å². The van der Waals surface area contributed by atoms with Crippen LogP contribution >= 0.6 is 0 Å². The summed E-state index contributed by atoms with van der Waals surface area (Å²) in [5.41, 5.74) is -0.334. The molecule has 3 atom stereocenters. The molecule has 2 aromatic carbocycles. The van der Waals surface area contributed by atoms with Crippen molar-refractivity contribution in [3.63, 3.8) is 0 Å². The van der Waals surface area contributed by atoms with Crippen LogP contribution in [0.15, 0.2) is 42.5 Å². The fraction of sp³-hybridized carbons (Fsp3) is 0.575. The molecule has 5 amide bonds. The first-order valence-electron chi connectivity index (χ1n) is 19.4. The van der Waals surface area contributed by atoms with E-state index in [4.69, 9.17) is 18.9 Å². The van der Waals surface area contributed by atoms with Crippen molar-refractivity contribution in [1.29, 1.82) is 0 Å². The number of fused-ring (bicyclic) bond motifs is 2. The van der Waals surface area contributed by atoms with Crippen molar-refractivity contribution in [2.75, 3.05) is 58.0 Å². The van der Waals surface area contributed by atoms with Gasteiger partial charge in [0.25, 0.3) is 5.91 Å². The lowest BCUT2D eigenvalue weighted by Crippen LogP contribution is -2.51. The Labute approximate surface area is 333 Å². The third-order valence-electron chi connectivity index (χ3n) is 10.6. The summed E-state index contributed by atoms with van der Waals surface area (Å²) >= 11 is 0. The number of rotatable bonds is 21. The molecule has 0 bridgehead atoms. The Hall–Kier alpha value is -4.65. The first-order valence-corrected chi connectivity index (χ1v) is 19.4. The Balaban J connectivity index is 1.01. The van der Waals surface area contributed by atoms with Crippen molar-refractivity contribution in [1.82, 2.24) is 15.1 Å². The lowest BCUT2D eigenvalue weighted by molar-refractivity contribution is -0.187. The van der Waals surface area contributed by atoms with Gasteiger partial charge in [-0.25, -0.2) is 14.1 Å². The van der Waals surface area contributed by atoms with Gasteiger partial charge in [0.2, 0.25) is 23.3 Å². The van der Waals surface area contributed by atoms with E-state index in [2.05, 4.69) is 10.6 Å². The largest absolute Gasteiger partial charge is 0.427 e. The Bertz CT molecular complexity index is 1760. The van der Waals surface area contributed by atoms with Crippen LogP contribution in [-0.4, -0.2) is 116 Å². The Morgan fingerprint density at radius 1 is 0.966 bits per heavy atom. The standard InChI is InChI=1S/C40H50F4N4O10/c1-26(40(42,43)44)47(23-27-6-8-30(41)9-7-27)36(52)24-48-37(53)39(58-38(48)54)15-14-29-22-31(10-11-32(29)39)46-35(51)13-12-34(50)45-16-17-55-18-19-56-20-21-57-25-33(49)28-4-2-3-5-28/h6-11,22,26,28,33,49H,2-5,12-21,23-25H2,1H3,(H,45,50)(H,46,51)/t26-,33?,39+/m0/s1. The number of carbonyl (C=O) groups excluding carboxylic acids is 5. The second-order valence-electron chi connectivity index (χ2n) is 14.6. The Kier molecular flexibility index (Phi) is 15.6. The van der Waals surface area contributed by atoms with Crippen molar-refractivity contribution in [2.24, 2.45) is 5.92 Å². The molecule has 0 radical (unpaired) electrons. The molecule has 1 spiro atoms. The van der Waals surface area contributed by atoms with Gasteiger partial charge >= 0.3 is 12.3 Å². The summed E-state index contributed by atoms with van der Waals surface area (Å²) in [6, 6.07) is 6.84. The van der Waals surface area contributed by atoms with E-state index < -0.39 is 66.6 Å². The molecule has 3 N–H and O–H groups in total. The van der Waals surface area contributed by atoms with Crippen LogP contribution in [-0.2, 0) is 56.7 Å². The number of anilines is 1. The topological polar surface area (TPSA) is 173 Å². The highest BCUT2D eigenvalue weighted by atomic mass is 19.4. The number of hydrogen-bond donors (Lipinski definition) is 3. The Morgan fingerprint density at radius 2 is 1.62 bits per heavy atom. The predicted molar refractivity (Wildman–Crippen MR) is 198 cm³/mol. The number of aryl methyl sites for hydroxylation is 1. The van der Waals surface area contributed by atoms with E-state index in [1.165, 1.54) is 24.3 Å². The maximum Gasteiger partial charge on any atom is 0.418 e. The lowest BCUT2D eigenvalue weighted by Gasteiger charge is -2.31. The fourth-order valence-corrected chi connectivity index (χ4v) is 7.28. The zero-order valence-corrected chi connectivity index (χ0v) is 32.3. The van der Waals surface area contributed by atoms with Gasteiger partial charge in [-0.1, -0.05) is 31.0 Å². The molecule has 5 rings (SSSR count). The molecule has 2 aliphatic carbocycles. The molecule has 1 unspecified atom stereocenters. The summed E-state index contributed by atoms with van der Waals surface area (Å²) in [7, 11) is 0. The zero-order valence-electron chi connectivity index (χ0n) is 32.3. The van der Waals surface area contributed by atoms with Crippen LogP contribution in [0.3, 0.4) is 0 Å². The van der Waals surface area contributed by atoms with Gasteiger partial charge in [0, 0.05) is 43.6 Å². The average molecular weight is 823 g/mol. The van der Waals surface area contributed by atoms with Crippen LogP contribution in [0, 0.1) is 11.7 Å². The Morgan fingerprint density at radius 3 is 2.31 bits per heavy atom. The van der Waals surface area contributed by atoms with Crippen molar-refractivity contribution < 1.29 is 65.6 Å². The van der Waals surface area contributed by atoms with Gasteiger partial charge in [-0.15, -0.1) is 0 Å². The van der Waals surface area contributed by atoms with E-state index in [9.17, 15) is 46.6 Å². The van der Waals surface area contributed by atoms with Gasteiger partial charge < -0.3 is 39.6 Å². The minimum Gasteiger partial charge on any atom is -0.427 e. The molecule has 1 saturated heterocycles. The van der Waals surface area contributed by atoms with Gasteiger partial charge in [-0.3, -0.25) is 19.2 Å². The highest BCUT2D eigenvalue weighted by Gasteiger charge is 2.58. The van der Waals surface area contributed by atoms with E-state index in [-0.39, 0.29) is 50.3 Å². The molecule has 1 aliphatic heterocycles. The van der Waals surface area contributed by atoms with E-state index in [1.54, 1.807) is 6.07 Å². The number of nitrogens with zero attached hydrogens (tertiary/aromatic N) is 2. The molecule has 318 valence electrons. The third-order valence-corrected chi connectivity index (χ3v) is 10.6. The SMILES string of the molecule is C[C@H](N(Cc1ccc(F)cc1)C(=O)CN1C(=O)O[C@@]2(CCc3cc(NC(=O)CCC(=O)NCCOCCOCCOCC(O)C4CCCC4)ccc32)C1=O)C(F)(F)F. The number of aliphatic hydroxyl groups is 1. The summed E-state index contributed by atoms with van der Waals surface area (Å²) in [6.07, 6.45) is -1.98. The number of hydrogen-bond acceptors (Lipinski definition) is 10.